The molecule has 0 N–H and O–H groups in total. The Morgan fingerprint density at radius 2 is 1.52 bits per heavy atom. The van der Waals surface area contributed by atoms with E-state index in [1.54, 1.807) is 18.2 Å². The van der Waals surface area contributed by atoms with Gasteiger partial charge in [-0.3, -0.25) is 4.98 Å². The van der Waals surface area contributed by atoms with Gasteiger partial charge in [0.25, 0.3) is 0 Å². The molecule has 5 heteroatoms. The number of aryl methyl sites for hydroxylation is 2. The summed E-state index contributed by atoms with van der Waals surface area (Å²) >= 11 is 0. The molecule has 4 nitrogen and oxygen atoms in total. The van der Waals surface area contributed by atoms with Crippen molar-refractivity contribution in [1.29, 1.82) is 0 Å². The Morgan fingerprint density at radius 3 is 2.34 bits per heavy atom. The summed E-state index contributed by atoms with van der Waals surface area (Å²) in [6.07, 6.45) is 7.00. The molecule has 0 aliphatic heterocycles. The molecule has 0 atom stereocenters. The zero-order valence-corrected chi connectivity index (χ0v) is 29.4. The fraction of sp³-hybridized carbons (Fsp3) is 0.0444. The maximum Gasteiger partial charge on any atom is 0.128 e. The second-order valence-corrected chi connectivity index (χ2v) is 11.7. The van der Waals surface area contributed by atoms with Crippen LogP contribution in [0.25, 0.3) is 77.5 Å². The van der Waals surface area contributed by atoms with Gasteiger partial charge in [0.2, 0.25) is 0 Å². The van der Waals surface area contributed by atoms with E-state index in [1.165, 1.54) is 6.20 Å². The fourth-order valence-electron chi connectivity index (χ4n) is 6.24. The average molecular weight is 825 g/mol. The van der Waals surface area contributed by atoms with E-state index in [4.69, 9.17) is 13.5 Å². The normalized spacial score (nSPS) is 12.0. The number of fused-ring (bicyclic) bond motifs is 4. The number of nitrogens with zero attached hydrogens (tertiary/aromatic N) is 3. The topological polar surface area (TPSA) is 51.8 Å². The first-order valence-corrected chi connectivity index (χ1v) is 16.0. The van der Waals surface area contributed by atoms with Crippen LogP contribution in [0, 0.1) is 25.9 Å². The van der Waals surface area contributed by atoms with E-state index < -0.39 is 6.85 Å². The third-order valence-electron chi connectivity index (χ3n) is 8.62. The molecule has 4 heterocycles. The molecule has 0 saturated heterocycles. The number of aromatic nitrogens is 3. The second-order valence-electron chi connectivity index (χ2n) is 11.7. The van der Waals surface area contributed by atoms with E-state index in [0.717, 1.165) is 83.0 Å². The predicted octanol–water partition coefficient (Wildman–Crippen LogP) is 11.5. The number of pyridine rings is 3. The number of furan rings is 1. The average Bonchev–Trinajstić information content (AvgIpc) is 3.59. The smallest absolute Gasteiger partial charge is 0.128 e. The van der Waals surface area contributed by atoms with Gasteiger partial charge in [0.05, 0.1) is 5.58 Å². The summed E-state index contributed by atoms with van der Waals surface area (Å²) < 4.78 is 28.4. The quantitative estimate of drug-likeness (QED) is 0.166. The number of para-hydroxylation sites is 1. The maximum atomic E-state index is 7.23. The Labute approximate surface area is 309 Å². The Kier molecular flexibility index (Phi) is 8.41. The van der Waals surface area contributed by atoms with Crippen molar-refractivity contribution in [2.45, 2.75) is 13.8 Å². The largest absolute Gasteiger partial charge is 0.500 e. The molecule has 0 aliphatic rings. The Morgan fingerprint density at radius 1 is 0.660 bits per heavy atom. The third-order valence-corrected chi connectivity index (χ3v) is 8.62. The summed E-state index contributed by atoms with van der Waals surface area (Å²) in [5.74, 6) is 0. The van der Waals surface area contributed by atoms with Crippen LogP contribution in [-0.4, -0.2) is 15.0 Å². The molecule has 9 rings (SSSR count). The molecule has 1 radical (unpaired) electrons. The molecule has 0 spiro atoms. The summed E-state index contributed by atoms with van der Waals surface area (Å²) in [6.45, 7) is 0.0197. The summed E-state index contributed by atoms with van der Waals surface area (Å²) in [7, 11) is 0. The van der Waals surface area contributed by atoms with Crippen molar-refractivity contribution < 1.29 is 28.6 Å². The van der Waals surface area contributed by atoms with Crippen LogP contribution in [-0.2, 0) is 20.1 Å². The standard InChI is InChI=1S/C33H21N2O.C12H10N.Ir/c1-21-13-14-27(30-19-24(16-18-35-30)22-7-3-2-4-8-22)33-31(21)28-12-6-11-26(32(28)36-33)25-10-5-9-23-15-17-34-20-29(23)25;1-10-7-8-12(13-9-10)11-5-3-2-4-6-11;/h2-13,15-20H,1H3;2-5,7-9H,1H3;/q2*-1;/i;1D3;. The Hall–Kier alpha value is -5.74. The molecule has 0 unspecified atom stereocenters. The molecule has 0 aliphatic carbocycles. The fourth-order valence-corrected chi connectivity index (χ4v) is 6.24. The zero-order chi connectivity index (χ0) is 35.7. The summed E-state index contributed by atoms with van der Waals surface area (Å²) in [5, 5.41) is 4.46. The molecule has 50 heavy (non-hydrogen) atoms. The van der Waals surface area contributed by atoms with Gasteiger partial charge in [-0.1, -0.05) is 103 Å². The van der Waals surface area contributed by atoms with Crippen LogP contribution in [0.4, 0.5) is 0 Å². The first-order chi connectivity index (χ1) is 25.3. The van der Waals surface area contributed by atoms with Crippen molar-refractivity contribution in [3.8, 4) is 44.8 Å². The molecule has 4 aromatic heterocycles. The van der Waals surface area contributed by atoms with E-state index in [0.29, 0.717) is 0 Å². The van der Waals surface area contributed by atoms with Crippen molar-refractivity contribution in [2.75, 3.05) is 0 Å². The Balaban J connectivity index is 0.000000216. The van der Waals surface area contributed by atoms with E-state index in [9.17, 15) is 0 Å². The van der Waals surface area contributed by atoms with Gasteiger partial charge in [-0.2, -0.15) is 0 Å². The first-order valence-electron chi connectivity index (χ1n) is 17.5. The van der Waals surface area contributed by atoms with E-state index in [2.05, 4.69) is 95.8 Å². The predicted molar refractivity (Wildman–Crippen MR) is 200 cm³/mol. The summed E-state index contributed by atoms with van der Waals surface area (Å²) in [5.41, 5.74) is 10.8. The van der Waals surface area contributed by atoms with Gasteiger partial charge < -0.3 is 14.4 Å². The van der Waals surface area contributed by atoms with Gasteiger partial charge in [-0.25, -0.2) is 0 Å². The maximum absolute atomic E-state index is 7.23. The van der Waals surface area contributed by atoms with E-state index in [1.807, 2.05) is 61.1 Å². The van der Waals surface area contributed by atoms with Gasteiger partial charge in [0.1, 0.15) is 5.58 Å². The van der Waals surface area contributed by atoms with Crippen LogP contribution in [0.5, 0.6) is 0 Å². The van der Waals surface area contributed by atoms with Crippen molar-refractivity contribution >= 4 is 32.7 Å². The zero-order valence-electron chi connectivity index (χ0n) is 30.0. The van der Waals surface area contributed by atoms with Crippen molar-refractivity contribution in [2.24, 2.45) is 0 Å². The number of hydrogen-bond donors (Lipinski definition) is 0. The second kappa shape index (κ2) is 14.4. The molecule has 0 fully saturated rings. The molecule has 9 aromatic rings. The minimum Gasteiger partial charge on any atom is -0.500 e. The van der Waals surface area contributed by atoms with Crippen LogP contribution in [0.2, 0.25) is 0 Å². The molecule has 0 amide bonds. The van der Waals surface area contributed by atoms with Crippen molar-refractivity contribution in [3.63, 3.8) is 0 Å². The first kappa shape index (κ1) is 29.2. The molecular weight excluding hydrogens is 791 g/mol. The van der Waals surface area contributed by atoms with Gasteiger partial charge >= 0.3 is 0 Å². The van der Waals surface area contributed by atoms with Crippen LogP contribution in [0.1, 0.15) is 15.2 Å². The van der Waals surface area contributed by atoms with Crippen LogP contribution >= 0.6 is 0 Å². The van der Waals surface area contributed by atoms with Crippen LogP contribution in [0.3, 0.4) is 0 Å². The van der Waals surface area contributed by atoms with Crippen LogP contribution < -0.4 is 0 Å². The number of rotatable bonds is 4. The molecule has 5 aromatic carbocycles. The van der Waals surface area contributed by atoms with Gasteiger partial charge in [0.15, 0.2) is 0 Å². The SMILES string of the molecule is Cc1c[c-]c(-c2cc(-c3ccccc3)ccn2)c2oc3c(-c4cccc5ccncc45)cccc3c12.[2H]C([2H])([2H])c1ccc(-c2[c-]cccc2)nc1.[Ir]. The third kappa shape index (κ3) is 6.37. The molecule has 0 bridgehead atoms. The van der Waals surface area contributed by atoms with Gasteiger partial charge in [0, 0.05) is 65.3 Å². The molecular formula is C45H31IrN3O-2. The molecule has 243 valence electrons. The monoisotopic (exact) mass is 825 g/mol. The van der Waals surface area contributed by atoms with Crippen molar-refractivity contribution in [3.05, 3.63) is 175 Å². The molecule has 0 saturated carbocycles. The number of hydrogen-bond acceptors (Lipinski definition) is 4. The minimum absolute atomic E-state index is 0. The number of benzene rings is 5. The Bertz CT molecular complexity index is 2670. The van der Waals surface area contributed by atoms with Gasteiger partial charge in [-0.05, 0) is 58.0 Å². The van der Waals surface area contributed by atoms with Crippen molar-refractivity contribution in [1.82, 2.24) is 15.0 Å². The summed E-state index contributed by atoms with van der Waals surface area (Å²) in [4.78, 5) is 13.2. The van der Waals surface area contributed by atoms with Gasteiger partial charge in [-0.15, -0.1) is 53.6 Å². The van der Waals surface area contributed by atoms with E-state index >= 15 is 0 Å². The van der Waals surface area contributed by atoms with Crippen LogP contribution in [0.15, 0.2) is 157 Å². The summed E-state index contributed by atoms with van der Waals surface area (Å²) in [6, 6.07) is 48.5. The minimum atomic E-state index is -2.09. The van der Waals surface area contributed by atoms with E-state index in [-0.39, 0.29) is 25.7 Å².